The van der Waals surface area contributed by atoms with Gasteiger partial charge in [-0.3, -0.25) is 0 Å². The summed E-state index contributed by atoms with van der Waals surface area (Å²) in [6, 6.07) is 5.88. The van der Waals surface area contributed by atoms with E-state index in [4.69, 9.17) is 9.47 Å². The van der Waals surface area contributed by atoms with Gasteiger partial charge in [-0.2, -0.15) is 0 Å². The van der Waals surface area contributed by atoms with Gasteiger partial charge in [0.2, 0.25) is 0 Å². The highest BCUT2D eigenvalue weighted by Crippen LogP contribution is 2.32. The van der Waals surface area contributed by atoms with Crippen LogP contribution in [0.2, 0.25) is 0 Å². The molecule has 2 atom stereocenters. The summed E-state index contributed by atoms with van der Waals surface area (Å²) >= 11 is 3.46. The standard InChI is InChI=1S/C14H19BrO3/c1-10-8-14(16,5-6-18-10)9-11-7-12(15)3-4-13(11)17-2/h3-4,7,10,16H,5-6,8-9H2,1-2H3. The number of halogens is 1. The lowest BCUT2D eigenvalue weighted by molar-refractivity contribution is -0.0962. The molecular formula is C14H19BrO3. The lowest BCUT2D eigenvalue weighted by Crippen LogP contribution is -2.41. The Bertz CT molecular complexity index is 422. The quantitative estimate of drug-likeness (QED) is 0.932. The van der Waals surface area contributed by atoms with Crippen LogP contribution in [0.25, 0.3) is 0 Å². The van der Waals surface area contributed by atoms with E-state index in [0.717, 1.165) is 15.8 Å². The number of aliphatic hydroxyl groups is 1. The predicted octanol–water partition coefficient (Wildman–Crippen LogP) is 2.93. The largest absolute Gasteiger partial charge is 0.496 e. The first-order valence-electron chi connectivity index (χ1n) is 6.19. The minimum absolute atomic E-state index is 0.113. The van der Waals surface area contributed by atoms with Crippen molar-refractivity contribution in [3.05, 3.63) is 28.2 Å². The zero-order chi connectivity index (χ0) is 13.2. The Morgan fingerprint density at radius 2 is 2.33 bits per heavy atom. The van der Waals surface area contributed by atoms with Crippen molar-refractivity contribution < 1.29 is 14.6 Å². The molecule has 0 spiro atoms. The van der Waals surface area contributed by atoms with E-state index in [2.05, 4.69) is 15.9 Å². The fourth-order valence-electron chi connectivity index (χ4n) is 2.55. The number of benzene rings is 1. The molecule has 2 unspecified atom stereocenters. The Morgan fingerprint density at radius 1 is 1.56 bits per heavy atom. The zero-order valence-electron chi connectivity index (χ0n) is 10.8. The van der Waals surface area contributed by atoms with Gasteiger partial charge < -0.3 is 14.6 Å². The fraction of sp³-hybridized carbons (Fsp3) is 0.571. The van der Waals surface area contributed by atoms with Crippen LogP contribution in [0.4, 0.5) is 0 Å². The van der Waals surface area contributed by atoms with Crippen LogP contribution in [0.5, 0.6) is 5.75 Å². The van der Waals surface area contributed by atoms with Crippen LogP contribution < -0.4 is 4.74 Å². The second kappa shape index (κ2) is 5.59. The maximum absolute atomic E-state index is 10.7. The Hall–Kier alpha value is -0.580. The highest BCUT2D eigenvalue weighted by Gasteiger charge is 2.34. The van der Waals surface area contributed by atoms with Crippen molar-refractivity contribution in [2.45, 2.75) is 37.9 Å². The van der Waals surface area contributed by atoms with Crippen molar-refractivity contribution in [2.75, 3.05) is 13.7 Å². The highest BCUT2D eigenvalue weighted by molar-refractivity contribution is 9.10. The SMILES string of the molecule is COc1ccc(Br)cc1CC1(O)CCOC(C)C1. The molecule has 1 aromatic rings. The normalized spacial score (nSPS) is 28.1. The third-order valence-corrected chi connectivity index (χ3v) is 3.89. The number of ether oxygens (including phenoxy) is 2. The van der Waals surface area contributed by atoms with Crippen molar-refractivity contribution in [2.24, 2.45) is 0 Å². The van der Waals surface area contributed by atoms with Crippen molar-refractivity contribution in [3.8, 4) is 5.75 Å². The number of hydrogen-bond acceptors (Lipinski definition) is 3. The van der Waals surface area contributed by atoms with E-state index in [1.807, 2.05) is 25.1 Å². The van der Waals surface area contributed by atoms with Gasteiger partial charge in [0.25, 0.3) is 0 Å². The molecular weight excluding hydrogens is 296 g/mol. The zero-order valence-corrected chi connectivity index (χ0v) is 12.4. The van der Waals surface area contributed by atoms with Crippen LogP contribution in [-0.4, -0.2) is 30.5 Å². The lowest BCUT2D eigenvalue weighted by atomic mass is 9.85. The first-order chi connectivity index (χ1) is 8.52. The molecule has 0 aliphatic carbocycles. The van der Waals surface area contributed by atoms with Crippen LogP contribution in [0.15, 0.2) is 22.7 Å². The molecule has 2 rings (SSSR count). The summed E-state index contributed by atoms with van der Waals surface area (Å²) < 4.78 is 11.8. The van der Waals surface area contributed by atoms with Crippen molar-refractivity contribution in [1.29, 1.82) is 0 Å². The molecule has 1 saturated heterocycles. The van der Waals surface area contributed by atoms with Crippen LogP contribution in [0.1, 0.15) is 25.3 Å². The predicted molar refractivity (Wildman–Crippen MR) is 74.0 cm³/mol. The molecule has 1 aromatic carbocycles. The molecule has 1 aliphatic rings. The average molecular weight is 315 g/mol. The van der Waals surface area contributed by atoms with Gasteiger partial charge in [0.1, 0.15) is 5.75 Å². The van der Waals surface area contributed by atoms with E-state index in [0.29, 0.717) is 25.9 Å². The molecule has 1 aliphatic heterocycles. The Labute approximate surface area is 116 Å². The van der Waals surface area contributed by atoms with Crippen LogP contribution in [0, 0.1) is 0 Å². The molecule has 100 valence electrons. The minimum atomic E-state index is -0.689. The summed E-state index contributed by atoms with van der Waals surface area (Å²) in [6.45, 7) is 2.62. The third-order valence-electron chi connectivity index (χ3n) is 3.40. The number of hydrogen-bond donors (Lipinski definition) is 1. The summed E-state index contributed by atoms with van der Waals surface area (Å²) in [6.07, 6.45) is 2.06. The van der Waals surface area contributed by atoms with Gasteiger partial charge in [0, 0.05) is 23.9 Å². The molecule has 4 heteroatoms. The molecule has 3 nitrogen and oxygen atoms in total. The molecule has 0 saturated carbocycles. The Kier molecular flexibility index (Phi) is 4.30. The Balaban J connectivity index is 2.19. The minimum Gasteiger partial charge on any atom is -0.496 e. The smallest absolute Gasteiger partial charge is 0.122 e. The first-order valence-corrected chi connectivity index (χ1v) is 6.98. The van der Waals surface area contributed by atoms with Crippen molar-refractivity contribution >= 4 is 15.9 Å². The maximum atomic E-state index is 10.7. The maximum Gasteiger partial charge on any atom is 0.122 e. The molecule has 1 N–H and O–H groups in total. The summed E-state index contributed by atoms with van der Waals surface area (Å²) in [5.74, 6) is 0.825. The van der Waals surface area contributed by atoms with E-state index in [9.17, 15) is 5.11 Å². The third kappa shape index (κ3) is 3.25. The number of rotatable bonds is 3. The first kappa shape index (κ1) is 13.8. The molecule has 18 heavy (non-hydrogen) atoms. The van der Waals surface area contributed by atoms with E-state index in [1.54, 1.807) is 7.11 Å². The van der Waals surface area contributed by atoms with E-state index >= 15 is 0 Å². The topological polar surface area (TPSA) is 38.7 Å². The summed E-state index contributed by atoms with van der Waals surface area (Å²) in [4.78, 5) is 0. The van der Waals surface area contributed by atoms with Gasteiger partial charge in [-0.05, 0) is 37.1 Å². The summed E-state index contributed by atoms with van der Waals surface area (Å²) in [7, 11) is 1.66. The average Bonchev–Trinajstić information content (AvgIpc) is 2.28. The Morgan fingerprint density at radius 3 is 3.00 bits per heavy atom. The molecule has 0 aromatic heterocycles. The molecule has 0 bridgehead atoms. The van der Waals surface area contributed by atoms with E-state index in [-0.39, 0.29) is 6.10 Å². The van der Waals surface area contributed by atoms with Crippen molar-refractivity contribution in [1.82, 2.24) is 0 Å². The van der Waals surface area contributed by atoms with Gasteiger partial charge in [-0.1, -0.05) is 15.9 Å². The van der Waals surface area contributed by atoms with E-state index < -0.39 is 5.60 Å². The fourth-order valence-corrected chi connectivity index (χ4v) is 2.96. The van der Waals surface area contributed by atoms with Gasteiger partial charge in [-0.15, -0.1) is 0 Å². The van der Waals surface area contributed by atoms with Gasteiger partial charge >= 0.3 is 0 Å². The van der Waals surface area contributed by atoms with Gasteiger partial charge in [-0.25, -0.2) is 0 Å². The van der Waals surface area contributed by atoms with Gasteiger partial charge in [0.05, 0.1) is 18.8 Å². The molecule has 0 radical (unpaired) electrons. The van der Waals surface area contributed by atoms with Crippen LogP contribution >= 0.6 is 15.9 Å². The second-order valence-corrected chi connectivity index (χ2v) is 5.91. The lowest BCUT2D eigenvalue weighted by Gasteiger charge is -2.36. The van der Waals surface area contributed by atoms with Gasteiger partial charge in [0.15, 0.2) is 0 Å². The monoisotopic (exact) mass is 314 g/mol. The van der Waals surface area contributed by atoms with Crippen LogP contribution in [0.3, 0.4) is 0 Å². The molecule has 0 amide bonds. The van der Waals surface area contributed by atoms with E-state index in [1.165, 1.54) is 0 Å². The molecule has 1 heterocycles. The number of methoxy groups -OCH3 is 1. The van der Waals surface area contributed by atoms with Crippen LogP contribution in [-0.2, 0) is 11.2 Å². The van der Waals surface area contributed by atoms with Crippen molar-refractivity contribution in [3.63, 3.8) is 0 Å². The summed E-state index contributed by atoms with van der Waals surface area (Å²) in [5.41, 5.74) is 0.342. The highest BCUT2D eigenvalue weighted by atomic mass is 79.9. The molecule has 1 fully saturated rings. The second-order valence-electron chi connectivity index (χ2n) is 4.99. The summed E-state index contributed by atoms with van der Waals surface area (Å²) in [5, 5.41) is 10.7.